The highest BCUT2D eigenvalue weighted by Gasteiger charge is 2.40. The lowest BCUT2D eigenvalue weighted by Crippen LogP contribution is -2.47. The van der Waals surface area contributed by atoms with Gasteiger partial charge in [-0.15, -0.1) is 0 Å². The summed E-state index contributed by atoms with van der Waals surface area (Å²) < 4.78 is 11.5. The Hall–Kier alpha value is -2.44. The minimum absolute atomic E-state index is 0.0190. The van der Waals surface area contributed by atoms with Crippen LogP contribution in [0.3, 0.4) is 0 Å². The summed E-state index contributed by atoms with van der Waals surface area (Å²) in [6.07, 6.45) is 3.13. The van der Waals surface area contributed by atoms with E-state index in [0.717, 1.165) is 30.9 Å². The van der Waals surface area contributed by atoms with Crippen molar-refractivity contribution >= 4 is 17.4 Å². The molecule has 2 fully saturated rings. The average molecular weight is 381 g/mol. The first-order valence-corrected chi connectivity index (χ1v) is 9.98. The molecule has 0 unspecified atom stereocenters. The molecule has 28 heavy (non-hydrogen) atoms. The molecular weight excluding hydrogens is 354 g/mol. The molecule has 1 aromatic carbocycles. The van der Waals surface area contributed by atoms with E-state index >= 15 is 0 Å². The third-order valence-corrected chi connectivity index (χ3v) is 5.53. The molecule has 2 saturated heterocycles. The number of amides is 1. The number of rotatable bonds is 4. The molecule has 148 valence electrons. The molecule has 6 nitrogen and oxygen atoms in total. The Bertz CT molecular complexity index is 821. The van der Waals surface area contributed by atoms with Crippen LogP contribution in [0.15, 0.2) is 42.6 Å². The maximum Gasteiger partial charge on any atom is 0.255 e. The van der Waals surface area contributed by atoms with Crippen LogP contribution in [0.25, 0.3) is 0 Å². The summed E-state index contributed by atoms with van der Waals surface area (Å²) in [5.74, 6) is 0.398. The highest BCUT2D eigenvalue weighted by molar-refractivity contribution is 5.94. The van der Waals surface area contributed by atoms with Gasteiger partial charge in [-0.2, -0.15) is 0 Å². The number of benzene rings is 1. The fraction of sp³-hybridized carbons (Fsp3) is 0.455. The van der Waals surface area contributed by atoms with Crippen molar-refractivity contribution in [2.45, 2.75) is 32.5 Å². The Kier molecular flexibility index (Phi) is 5.33. The summed E-state index contributed by atoms with van der Waals surface area (Å²) in [5, 5.41) is 0. The summed E-state index contributed by atoms with van der Waals surface area (Å²) in [6, 6.07) is 12.1. The maximum absolute atomic E-state index is 12.9. The first-order chi connectivity index (χ1) is 13.6. The van der Waals surface area contributed by atoms with Gasteiger partial charge in [0.05, 0.1) is 18.8 Å². The molecule has 0 saturated carbocycles. The molecule has 2 aromatic rings. The smallest absolute Gasteiger partial charge is 0.255 e. The normalized spacial score (nSPS) is 18.4. The van der Waals surface area contributed by atoms with Gasteiger partial charge in [-0.3, -0.25) is 4.79 Å². The van der Waals surface area contributed by atoms with Crippen molar-refractivity contribution in [2.24, 2.45) is 0 Å². The van der Waals surface area contributed by atoms with Crippen LogP contribution < -0.4 is 4.90 Å². The van der Waals surface area contributed by atoms with Crippen molar-refractivity contribution < 1.29 is 14.3 Å². The van der Waals surface area contributed by atoms with E-state index in [4.69, 9.17) is 9.47 Å². The number of hydrogen-bond donors (Lipinski definition) is 0. The average Bonchev–Trinajstić information content (AvgIpc) is 3.17. The summed E-state index contributed by atoms with van der Waals surface area (Å²) in [6.45, 7) is 7.56. The topological polar surface area (TPSA) is 54.9 Å². The van der Waals surface area contributed by atoms with E-state index < -0.39 is 5.79 Å². The zero-order valence-corrected chi connectivity index (χ0v) is 16.6. The SMILES string of the molecule is CCN(c1cccc(C)c1)c1ccc(C(=O)N2CCC3(CC2)OCCO3)cn1. The van der Waals surface area contributed by atoms with Crippen molar-refractivity contribution in [1.82, 2.24) is 9.88 Å². The lowest BCUT2D eigenvalue weighted by Gasteiger charge is -2.37. The number of pyridine rings is 1. The van der Waals surface area contributed by atoms with Crippen molar-refractivity contribution in [2.75, 3.05) is 37.7 Å². The molecule has 2 aliphatic heterocycles. The second-order valence-electron chi connectivity index (χ2n) is 7.39. The number of carbonyl (C=O) groups is 1. The van der Waals surface area contributed by atoms with E-state index in [9.17, 15) is 4.79 Å². The Morgan fingerprint density at radius 3 is 2.54 bits per heavy atom. The fourth-order valence-corrected chi connectivity index (χ4v) is 3.96. The number of aryl methyl sites for hydroxylation is 1. The van der Waals surface area contributed by atoms with E-state index in [2.05, 4.69) is 41.9 Å². The first-order valence-electron chi connectivity index (χ1n) is 9.98. The zero-order chi connectivity index (χ0) is 19.6. The van der Waals surface area contributed by atoms with Gasteiger partial charge in [0.15, 0.2) is 5.79 Å². The molecule has 4 rings (SSSR count). The van der Waals surface area contributed by atoms with E-state index in [1.807, 2.05) is 23.1 Å². The Morgan fingerprint density at radius 2 is 1.93 bits per heavy atom. The van der Waals surface area contributed by atoms with Crippen LogP contribution in [0.5, 0.6) is 0 Å². The van der Waals surface area contributed by atoms with Crippen LogP contribution in [0.4, 0.5) is 11.5 Å². The number of aromatic nitrogens is 1. The van der Waals surface area contributed by atoms with Crippen LogP contribution in [0, 0.1) is 6.92 Å². The van der Waals surface area contributed by atoms with E-state index in [1.54, 1.807) is 6.20 Å². The molecule has 1 amide bonds. The van der Waals surface area contributed by atoms with E-state index in [-0.39, 0.29) is 5.91 Å². The van der Waals surface area contributed by atoms with Crippen LogP contribution >= 0.6 is 0 Å². The largest absolute Gasteiger partial charge is 0.347 e. The van der Waals surface area contributed by atoms with Gasteiger partial charge in [0.1, 0.15) is 5.82 Å². The summed E-state index contributed by atoms with van der Waals surface area (Å²) in [7, 11) is 0. The number of hydrogen-bond acceptors (Lipinski definition) is 5. The molecular formula is C22H27N3O3. The molecule has 0 radical (unpaired) electrons. The van der Waals surface area contributed by atoms with Crippen LogP contribution in [0.1, 0.15) is 35.7 Å². The number of ether oxygens (including phenoxy) is 2. The summed E-state index contributed by atoms with van der Waals surface area (Å²) in [4.78, 5) is 21.4. The molecule has 6 heteroatoms. The van der Waals surface area contributed by atoms with Crippen LogP contribution in [0.2, 0.25) is 0 Å². The molecule has 0 N–H and O–H groups in total. The van der Waals surface area contributed by atoms with Crippen molar-refractivity contribution in [3.05, 3.63) is 53.7 Å². The molecule has 0 atom stereocenters. The van der Waals surface area contributed by atoms with Crippen molar-refractivity contribution in [3.63, 3.8) is 0 Å². The van der Waals surface area contributed by atoms with Crippen LogP contribution in [-0.4, -0.2) is 54.4 Å². The lowest BCUT2D eigenvalue weighted by atomic mass is 10.0. The van der Waals surface area contributed by atoms with E-state index in [0.29, 0.717) is 31.9 Å². The standard InChI is InChI=1S/C22H27N3O3/c1-3-25(19-6-4-5-17(2)15-19)20-8-7-18(16-23-20)21(26)24-11-9-22(10-12-24)27-13-14-28-22/h4-8,15-16H,3,9-14H2,1-2H3. The van der Waals surface area contributed by atoms with Crippen molar-refractivity contribution in [1.29, 1.82) is 0 Å². The molecule has 1 spiro atoms. The number of carbonyl (C=O) groups excluding carboxylic acids is 1. The monoisotopic (exact) mass is 381 g/mol. The predicted molar refractivity (Wildman–Crippen MR) is 108 cm³/mol. The summed E-state index contributed by atoms with van der Waals surface area (Å²) in [5.41, 5.74) is 2.93. The van der Waals surface area contributed by atoms with Gasteiger partial charge in [0.2, 0.25) is 0 Å². The lowest BCUT2D eigenvalue weighted by molar-refractivity contribution is -0.181. The van der Waals surface area contributed by atoms with Crippen molar-refractivity contribution in [3.8, 4) is 0 Å². The van der Waals surface area contributed by atoms with Gasteiger partial charge in [0, 0.05) is 44.4 Å². The number of piperidine rings is 1. The van der Waals surface area contributed by atoms with Gasteiger partial charge in [0.25, 0.3) is 5.91 Å². The van der Waals surface area contributed by atoms with Gasteiger partial charge < -0.3 is 19.3 Å². The van der Waals surface area contributed by atoms with Gasteiger partial charge >= 0.3 is 0 Å². The number of nitrogens with zero attached hydrogens (tertiary/aromatic N) is 3. The third kappa shape index (κ3) is 3.75. The second kappa shape index (κ2) is 7.89. The highest BCUT2D eigenvalue weighted by atomic mass is 16.7. The first kappa shape index (κ1) is 18.9. The highest BCUT2D eigenvalue weighted by Crippen LogP contribution is 2.32. The Morgan fingerprint density at radius 1 is 1.18 bits per heavy atom. The van der Waals surface area contributed by atoms with Gasteiger partial charge in [-0.25, -0.2) is 4.98 Å². The number of likely N-dealkylation sites (tertiary alicyclic amines) is 1. The molecule has 2 aliphatic rings. The summed E-state index contributed by atoms with van der Waals surface area (Å²) >= 11 is 0. The maximum atomic E-state index is 12.9. The van der Waals surface area contributed by atoms with Gasteiger partial charge in [-0.05, 0) is 43.7 Å². The Balaban J connectivity index is 1.44. The fourth-order valence-electron chi connectivity index (χ4n) is 3.96. The Labute approximate surface area is 166 Å². The zero-order valence-electron chi connectivity index (χ0n) is 16.6. The van der Waals surface area contributed by atoms with Gasteiger partial charge in [-0.1, -0.05) is 12.1 Å². The quantitative estimate of drug-likeness (QED) is 0.811. The van der Waals surface area contributed by atoms with Crippen LogP contribution in [-0.2, 0) is 9.47 Å². The minimum atomic E-state index is -0.464. The minimum Gasteiger partial charge on any atom is -0.347 e. The molecule has 3 heterocycles. The van der Waals surface area contributed by atoms with E-state index in [1.165, 1.54) is 5.56 Å². The predicted octanol–water partition coefficient (Wildman–Crippen LogP) is 3.53. The molecule has 0 bridgehead atoms. The second-order valence-corrected chi connectivity index (χ2v) is 7.39. The molecule has 0 aliphatic carbocycles. The number of anilines is 2. The third-order valence-electron chi connectivity index (χ3n) is 5.53. The molecule has 1 aromatic heterocycles.